The number of carbonyl (C=O) groups is 1. The number of para-hydroxylation sites is 1. The first-order chi connectivity index (χ1) is 14.8. The zero-order valence-electron chi connectivity index (χ0n) is 18.2. The molecule has 10 heteroatoms. The maximum Gasteiger partial charge on any atom is 0.328 e. The number of carbonyl (C=O) groups excluding carboxylic acids is 1. The molecule has 0 atom stereocenters. The van der Waals surface area contributed by atoms with Gasteiger partial charge in [-0.25, -0.2) is 23.9 Å². The van der Waals surface area contributed by atoms with Crippen LogP contribution in [0.2, 0.25) is 0 Å². The predicted molar refractivity (Wildman–Crippen MR) is 115 cm³/mol. The zero-order valence-corrected chi connectivity index (χ0v) is 18.2. The van der Waals surface area contributed by atoms with Gasteiger partial charge in [0.15, 0.2) is 0 Å². The molecule has 2 N–H and O–H groups in total. The maximum absolute atomic E-state index is 14.6. The highest BCUT2D eigenvalue weighted by Gasteiger charge is 2.37. The molecule has 0 unspecified atom stereocenters. The van der Waals surface area contributed by atoms with E-state index < -0.39 is 23.4 Å². The van der Waals surface area contributed by atoms with Gasteiger partial charge in [-0.15, -0.1) is 0 Å². The number of hydrazine groups is 1. The highest BCUT2D eigenvalue weighted by atomic mass is 19.1. The number of urea groups is 1. The first-order valence-corrected chi connectivity index (χ1v) is 10.6. The molecule has 0 saturated carbocycles. The number of nitrogens with zero attached hydrogens (tertiary/aromatic N) is 5. The molecule has 31 heavy (non-hydrogen) atoms. The van der Waals surface area contributed by atoms with Crippen molar-refractivity contribution in [2.75, 3.05) is 51.2 Å². The molecule has 1 fully saturated rings. The second-order valence-corrected chi connectivity index (χ2v) is 8.42. The summed E-state index contributed by atoms with van der Waals surface area (Å²) in [4.78, 5) is 23.0. The fourth-order valence-electron chi connectivity index (χ4n) is 4.08. The number of guanidine groups is 1. The Labute approximate surface area is 181 Å². The van der Waals surface area contributed by atoms with Crippen LogP contribution in [0, 0.1) is 11.6 Å². The lowest BCUT2D eigenvalue weighted by atomic mass is 10.1. The van der Waals surface area contributed by atoms with E-state index in [-0.39, 0.29) is 12.6 Å². The summed E-state index contributed by atoms with van der Waals surface area (Å²) >= 11 is 0. The molecule has 0 radical (unpaired) electrons. The first-order valence-electron chi connectivity index (χ1n) is 10.6. The fraction of sp³-hybridized carbons (Fsp3) is 0.524. The van der Waals surface area contributed by atoms with E-state index in [1.54, 1.807) is 0 Å². The highest BCUT2D eigenvalue weighted by molar-refractivity contribution is 5.98. The smallest absolute Gasteiger partial charge is 0.328 e. The van der Waals surface area contributed by atoms with E-state index in [4.69, 9.17) is 4.99 Å². The van der Waals surface area contributed by atoms with Crippen LogP contribution in [0.4, 0.5) is 19.3 Å². The second kappa shape index (κ2) is 8.80. The predicted octanol–water partition coefficient (Wildman–Crippen LogP) is 1.93. The Morgan fingerprint density at radius 3 is 2.58 bits per heavy atom. The van der Waals surface area contributed by atoms with Gasteiger partial charge in [0.25, 0.3) is 0 Å². The average molecular weight is 434 g/mol. The maximum atomic E-state index is 14.6. The third-order valence-corrected chi connectivity index (χ3v) is 5.56. The Hall–Kier alpha value is -2.72. The molecule has 4 rings (SSSR count). The highest BCUT2D eigenvalue weighted by Crippen LogP contribution is 2.32. The fourth-order valence-corrected chi connectivity index (χ4v) is 4.08. The van der Waals surface area contributed by atoms with Crippen molar-refractivity contribution in [3.63, 3.8) is 0 Å². The van der Waals surface area contributed by atoms with Crippen molar-refractivity contribution < 1.29 is 13.6 Å². The standard InChI is InChI=1S/C21H29F2N7O/c1-14(2)26-29-13-15-12-24-21(31)30(18-16(22)6-4-7-17(18)23)19(15)25-20(29)28-9-5-8-27(3)10-11-28/h4,6-7,14,26H,5,8-13H2,1-3H3,(H,24,31). The van der Waals surface area contributed by atoms with Gasteiger partial charge < -0.3 is 15.1 Å². The van der Waals surface area contributed by atoms with E-state index in [9.17, 15) is 13.6 Å². The monoisotopic (exact) mass is 433 g/mol. The summed E-state index contributed by atoms with van der Waals surface area (Å²) in [6.45, 7) is 8.26. The summed E-state index contributed by atoms with van der Waals surface area (Å²) in [5, 5.41) is 4.69. The molecule has 1 aromatic rings. The molecule has 0 bridgehead atoms. The summed E-state index contributed by atoms with van der Waals surface area (Å²) < 4.78 is 29.2. The molecule has 3 aliphatic rings. The van der Waals surface area contributed by atoms with Gasteiger partial charge in [0.2, 0.25) is 5.96 Å². The molecule has 3 heterocycles. The third-order valence-electron chi connectivity index (χ3n) is 5.56. The van der Waals surface area contributed by atoms with E-state index in [1.165, 1.54) is 6.07 Å². The van der Waals surface area contributed by atoms with Gasteiger partial charge in [-0.2, -0.15) is 4.99 Å². The number of rotatable bonds is 3. The number of hydrogen-bond acceptors (Lipinski definition) is 6. The number of aliphatic imine (C=N–C) groups is 1. The van der Waals surface area contributed by atoms with Crippen molar-refractivity contribution in [2.45, 2.75) is 26.3 Å². The van der Waals surface area contributed by atoms with Gasteiger partial charge in [0, 0.05) is 37.8 Å². The Bertz CT molecular complexity index is 897. The van der Waals surface area contributed by atoms with Gasteiger partial charge in [-0.3, -0.25) is 5.01 Å². The lowest BCUT2D eigenvalue weighted by Gasteiger charge is -2.41. The minimum atomic E-state index is -0.806. The second-order valence-electron chi connectivity index (χ2n) is 8.42. The summed E-state index contributed by atoms with van der Waals surface area (Å²) in [6.07, 6.45) is 0.975. The topological polar surface area (TPSA) is 66.5 Å². The lowest BCUT2D eigenvalue weighted by Crippen LogP contribution is -2.59. The number of amides is 2. The van der Waals surface area contributed by atoms with Crippen LogP contribution < -0.4 is 15.6 Å². The SMILES string of the molecule is CC(C)NN1CC2=C(N=C1N1CCCN(C)CC1)N(c1c(F)cccc1F)C(=O)NC2. The van der Waals surface area contributed by atoms with Crippen molar-refractivity contribution in [1.82, 2.24) is 25.6 Å². The molecule has 2 amide bonds. The minimum Gasteiger partial charge on any atom is -0.340 e. The molecular formula is C21H29F2N7O. The van der Waals surface area contributed by atoms with Crippen molar-refractivity contribution in [2.24, 2.45) is 4.99 Å². The van der Waals surface area contributed by atoms with Crippen LogP contribution >= 0.6 is 0 Å². The van der Waals surface area contributed by atoms with E-state index in [1.807, 2.05) is 18.9 Å². The number of anilines is 1. The number of likely N-dealkylation sites (N-methyl/N-ethyl adjacent to an activating group) is 1. The zero-order chi connectivity index (χ0) is 22.1. The Morgan fingerprint density at radius 1 is 1.13 bits per heavy atom. The van der Waals surface area contributed by atoms with Crippen LogP contribution in [0.1, 0.15) is 20.3 Å². The van der Waals surface area contributed by atoms with Crippen molar-refractivity contribution in [1.29, 1.82) is 0 Å². The summed E-state index contributed by atoms with van der Waals surface area (Å²) in [5.74, 6) is -0.652. The molecule has 0 aliphatic carbocycles. The third kappa shape index (κ3) is 4.35. The summed E-state index contributed by atoms with van der Waals surface area (Å²) in [7, 11) is 2.09. The van der Waals surface area contributed by atoms with E-state index in [0.29, 0.717) is 18.3 Å². The number of benzene rings is 1. The molecule has 8 nitrogen and oxygen atoms in total. The normalized spacial score (nSPS) is 20.6. The van der Waals surface area contributed by atoms with Crippen LogP contribution in [0.3, 0.4) is 0 Å². The molecule has 3 aliphatic heterocycles. The summed E-state index contributed by atoms with van der Waals surface area (Å²) in [5.41, 5.74) is 3.79. The Kier molecular flexibility index (Phi) is 6.10. The average Bonchev–Trinajstić information content (AvgIpc) is 2.93. The van der Waals surface area contributed by atoms with Gasteiger partial charge in [-0.05, 0) is 46.0 Å². The molecule has 0 spiro atoms. The molecule has 0 aromatic heterocycles. The van der Waals surface area contributed by atoms with Crippen molar-refractivity contribution >= 4 is 17.7 Å². The van der Waals surface area contributed by atoms with E-state index in [2.05, 4.69) is 27.6 Å². The van der Waals surface area contributed by atoms with Gasteiger partial charge >= 0.3 is 6.03 Å². The Morgan fingerprint density at radius 2 is 1.87 bits per heavy atom. The van der Waals surface area contributed by atoms with Gasteiger partial charge in [0.1, 0.15) is 23.1 Å². The number of halogens is 2. The lowest BCUT2D eigenvalue weighted by molar-refractivity contribution is 0.231. The van der Waals surface area contributed by atoms with Crippen LogP contribution in [-0.4, -0.2) is 79.2 Å². The van der Waals surface area contributed by atoms with Crippen LogP contribution in [-0.2, 0) is 0 Å². The van der Waals surface area contributed by atoms with Crippen molar-refractivity contribution in [3.8, 4) is 0 Å². The summed E-state index contributed by atoms with van der Waals surface area (Å²) in [6, 6.07) is 3.14. The van der Waals surface area contributed by atoms with E-state index in [0.717, 1.165) is 55.2 Å². The van der Waals surface area contributed by atoms with Gasteiger partial charge in [0.05, 0.1) is 6.54 Å². The van der Waals surface area contributed by atoms with E-state index >= 15 is 0 Å². The molecule has 168 valence electrons. The van der Waals surface area contributed by atoms with Crippen LogP contribution in [0.15, 0.2) is 34.6 Å². The molecular weight excluding hydrogens is 404 g/mol. The quantitative estimate of drug-likeness (QED) is 0.763. The number of hydrogen-bond donors (Lipinski definition) is 2. The number of nitrogens with one attached hydrogen (secondary N) is 2. The van der Waals surface area contributed by atoms with Crippen LogP contribution in [0.5, 0.6) is 0 Å². The molecule has 1 aromatic carbocycles. The largest absolute Gasteiger partial charge is 0.340 e. The minimum absolute atomic E-state index is 0.167. The first kappa shape index (κ1) is 21.5. The van der Waals surface area contributed by atoms with Gasteiger partial charge in [-0.1, -0.05) is 6.07 Å². The van der Waals surface area contributed by atoms with Crippen molar-refractivity contribution in [3.05, 3.63) is 41.2 Å². The Balaban J connectivity index is 1.77. The molecule has 1 saturated heterocycles. The van der Waals surface area contributed by atoms with Crippen LogP contribution in [0.25, 0.3) is 0 Å².